The summed E-state index contributed by atoms with van der Waals surface area (Å²) in [6, 6.07) is 3.31. The molecule has 2 rings (SSSR count). The van der Waals surface area contributed by atoms with Crippen LogP contribution in [0.15, 0.2) is 24.4 Å². The van der Waals surface area contributed by atoms with Crippen molar-refractivity contribution in [1.82, 2.24) is 10.3 Å². The van der Waals surface area contributed by atoms with Gasteiger partial charge in [0.1, 0.15) is 18.0 Å². The van der Waals surface area contributed by atoms with Crippen molar-refractivity contribution in [3.8, 4) is 11.5 Å². The van der Waals surface area contributed by atoms with Crippen LogP contribution in [-0.4, -0.2) is 42.1 Å². The summed E-state index contributed by atoms with van der Waals surface area (Å²) in [6.45, 7) is 9.89. The molecule has 0 bridgehead atoms. The molecule has 3 atom stereocenters. The van der Waals surface area contributed by atoms with E-state index < -0.39 is 30.0 Å². The second kappa shape index (κ2) is 10.9. The molecule has 1 N–H and O–H groups in total. The lowest BCUT2D eigenvalue weighted by atomic mass is 9.88. The quantitative estimate of drug-likeness (QED) is 0.600. The molecule has 0 saturated carbocycles. The monoisotopic (exact) mass is 460 g/mol. The highest BCUT2D eigenvalue weighted by molar-refractivity contribution is 5.98. The first-order valence-electron chi connectivity index (χ1n) is 10.5. The summed E-state index contributed by atoms with van der Waals surface area (Å²) in [5, 5.41) is 2.50. The first-order valence-corrected chi connectivity index (χ1v) is 10.5. The van der Waals surface area contributed by atoms with E-state index in [4.69, 9.17) is 14.2 Å². The highest BCUT2D eigenvalue weighted by Gasteiger charge is 2.27. The Morgan fingerprint density at radius 2 is 1.70 bits per heavy atom. The van der Waals surface area contributed by atoms with Gasteiger partial charge in [0.15, 0.2) is 11.4 Å². The Hall–Kier alpha value is -3.49. The molecule has 0 saturated heterocycles. The second-order valence-corrected chi connectivity index (χ2v) is 7.86. The van der Waals surface area contributed by atoms with Crippen molar-refractivity contribution in [3.05, 3.63) is 52.6 Å². The highest BCUT2D eigenvalue weighted by Crippen LogP contribution is 2.30. The van der Waals surface area contributed by atoms with Crippen LogP contribution >= 0.6 is 0 Å². The van der Waals surface area contributed by atoms with Crippen LogP contribution < -0.4 is 14.8 Å². The van der Waals surface area contributed by atoms with E-state index in [-0.39, 0.29) is 28.9 Å². The number of nitrogens with zero attached hydrogens (tertiary/aromatic N) is 1. The number of carbonyl (C=O) groups excluding carboxylic acids is 3. The number of esters is 2. The predicted molar refractivity (Wildman–Crippen MR) is 119 cm³/mol. The zero-order valence-corrected chi connectivity index (χ0v) is 19.8. The van der Waals surface area contributed by atoms with Crippen molar-refractivity contribution in [3.63, 3.8) is 0 Å². The Labute approximate surface area is 192 Å². The van der Waals surface area contributed by atoms with Crippen molar-refractivity contribution >= 4 is 17.8 Å². The van der Waals surface area contributed by atoms with Crippen molar-refractivity contribution in [1.29, 1.82) is 0 Å². The number of aromatic nitrogens is 1. The van der Waals surface area contributed by atoms with Crippen LogP contribution in [0.4, 0.5) is 4.39 Å². The van der Waals surface area contributed by atoms with Crippen LogP contribution in [0.25, 0.3) is 0 Å². The predicted octanol–water partition coefficient (Wildman–Crippen LogP) is 3.63. The maximum atomic E-state index is 13.6. The minimum atomic E-state index is -1.01. The van der Waals surface area contributed by atoms with Crippen LogP contribution in [0.5, 0.6) is 11.5 Å². The number of benzene rings is 1. The van der Waals surface area contributed by atoms with E-state index in [0.29, 0.717) is 0 Å². The summed E-state index contributed by atoms with van der Waals surface area (Å²) >= 11 is 0. The minimum Gasteiger partial charge on any atom is -0.493 e. The Balaban J connectivity index is 2.12. The largest absolute Gasteiger partial charge is 0.493 e. The smallest absolute Gasteiger partial charge is 0.328 e. The van der Waals surface area contributed by atoms with Gasteiger partial charge >= 0.3 is 11.9 Å². The summed E-state index contributed by atoms with van der Waals surface area (Å²) in [5.41, 5.74) is 2.24. The van der Waals surface area contributed by atoms with Crippen LogP contribution in [0, 0.1) is 19.7 Å². The summed E-state index contributed by atoms with van der Waals surface area (Å²) in [7, 11) is 1.36. The number of halogens is 1. The molecule has 1 heterocycles. The number of amides is 1. The lowest BCUT2D eigenvalue weighted by Crippen LogP contribution is -2.41. The van der Waals surface area contributed by atoms with E-state index in [0.717, 1.165) is 16.7 Å². The van der Waals surface area contributed by atoms with Gasteiger partial charge in [-0.05, 0) is 56.5 Å². The Bertz CT molecular complexity index is 1030. The van der Waals surface area contributed by atoms with Crippen LogP contribution in [-0.2, 0) is 14.3 Å². The fraction of sp³-hybridized carbons (Fsp3) is 0.417. The summed E-state index contributed by atoms with van der Waals surface area (Å²) in [6.07, 6.45) is 0.784. The third-order valence-corrected chi connectivity index (χ3v) is 5.27. The minimum absolute atomic E-state index is 0.144. The molecule has 1 aromatic heterocycles. The number of aryl methyl sites for hydroxylation is 2. The van der Waals surface area contributed by atoms with E-state index >= 15 is 0 Å². The number of hydrogen-bond donors (Lipinski definition) is 1. The third kappa shape index (κ3) is 6.27. The molecule has 0 spiro atoms. The fourth-order valence-electron chi connectivity index (χ4n) is 3.58. The average molecular weight is 461 g/mol. The van der Waals surface area contributed by atoms with Crippen molar-refractivity contribution in [2.45, 2.75) is 59.6 Å². The van der Waals surface area contributed by atoms with Gasteiger partial charge in [-0.15, -0.1) is 0 Å². The SMILES string of the molecule is COc1ccnc(C(=O)N[C@@H](C)C(=O)O[C@H](C)[C@H](C)c2c(C)cc(F)cc2C)c1OC(C)=O. The first-order chi connectivity index (χ1) is 15.5. The number of rotatable bonds is 8. The molecule has 8 nitrogen and oxygen atoms in total. The van der Waals surface area contributed by atoms with E-state index in [1.165, 1.54) is 45.4 Å². The Morgan fingerprint density at radius 3 is 2.24 bits per heavy atom. The van der Waals surface area contributed by atoms with Gasteiger partial charge in [-0.1, -0.05) is 6.92 Å². The van der Waals surface area contributed by atoms with Gasteiger partial charge < -0.3 is 19.5 Å². The van der Waals surface area contributed by atoms with Crippen LogP contribution in [0.1, 0.15) is 60.8 Å². The molecule has 0 fully saturated rings. The van der Waals surface area contributed by atoms with Crippen molar-refractivity contribution in [2.24, 2.45) is 0 Å². The normalized spacial score (nSPS) is 13.5. The number of methoxy groups -OCH3 is 1. The Kier molecular flexibility index (Phi) is 8.50. The number of ether oxygens (including phenoxy) is 3. The molecule has 0 aliphatic heterocycles. The van der Waals surface area contributed by atoms with Gasteiger partial charge in [-0.3, -0.25) is 9.59 Å². The van der Waals surface area contributed by atoms with Gasteiger partial charge in [0.25, 0.3) is 5.91 Å². The Morgan fingerprint density at radius 1 is 1.09 bits per heavy atom. The topological polar surface area (TPSA) is 104 Å². The lowest BCUT2D eigenvalue weighted by Gasteiger charge is -2.25. The van der Waals surface area contributed by atoms with Crippen LogP contribution in [0.3, 0.4) is 0 Å². The van der Waals surface area contributed by atoms with Crippen LogP contribution in [0.2, 0.25) is 0 Å². The van der Waals surface area contributed by atoms with Gasteiger partial charge in [0.05, 0.1) is 7.11 Å². The lowest BCUT2D eigenvalue weighted by molar-refractivity contribution is -0.151. The molecule has 9 heteroatoms. The molecule has 0 aliphatic rings. The average Bonchev–Trinajstić information content (AvgIpc) is 2.72. The van der Waals surface area contributed by atoms with Crippen molar-refractivity contribution in [2.75, 3.05) is 7.11 Å². The number of nitrogens with one attached hydrogen (secondary N) is 1. The molecule has 33 heavy (non-hydrogen) atoms. The van der Waals surface area contributed by atoms with Gasteiger partial charge in [0.2, 0.25) is 5.75 Å². The molecule has 0 unspecified atom stereocenters. The fourth-order valence-corrected chi connectivity index (χ4v) is 3.58. The molecule has 1 aromatic carbocycles. The second-order valence-electron chi connectivity index (χ2n) is 7.86. The molecule has 1 amide bonds. The van der Waals surface area contributed by atoms with Gasteiger partial charge in [-0.2, -0.15) is 0 Å². The van der Waals surface area contributed by atoms with E-state index in [1.54, 1.807) is 20.8 Å². The van der Waals surface area contributed by atoms with Gasteiger partial charge in [0, 0.05) is 25.1 Å². The number of hydrogen-bond acceptors (Lipinski definition) is 7. The third-order valence-electron chi connectivity index (χ3n) is 5.27. The van der Waals surface area contributed by atoms with E-state index in [9.17, 15) is 18.8 Å². The van der Waals surface area contributed by atoms with E-state index in [2.05, 4.69) is 10.3 Å². The molecule has 178 valence electrons. The zero-order valence-electron chi connectivity index (χ0n) is 19.8. The first kappa shape index (κ1) is 25.8. The maximum absolute atomic E-state index is 13.6. The molecular formula is C24H29FN2O6. The maximum Gasteiger partial charge on any atom is 0.328 e. The number of pyridine rings is 1. The summed E-state index contributed by atoms with van der Waals surface area (Å²) in [4.78, 5) is 40.7. The molecule has 2 aromatic rings. The molecular weight excluding hydrogens is 431 g/mol. The zero-order chi connectivity index (χ0) is 24.9. The van der Waals surface area contributed by atoms with E-state index in [1.807, 2.05) is 6.92 Å². The molecule has 0 radical (unpaired) electrons. The number of carbonyl (C=O) groups is 3. The molecule has 0 aliphatic carbocycles. The summed E-state index contributed by atoms with van der Waals surface area (Å²) < 4.78 is 29.4. The van der Waals surface area contributed by atoms with Gasteiger partial charge in [-0.25, -0.2) is 14.2 Å². The highest BCUT2D eigenvalue weighted by atomic mass is 19.1. The standard InChI is InChI=1S/C24H29FN2O6/c1-12-10-18(25)11-13(2)20(12)14(3)16(5)32-24(30)15(4)27-23(29)21-22(33-17(6)28)19(31-7)8-9-26-21/h8-11,14-16H,1-7H3,(H,27,29)/t14-,15-,16+/m0/s1. The summed E-state index contributed by atoms with van der Waals surface area (Å²) in [5.74, 6) is -2.56. The van der Waals surface area contributed by atoms with Crippen molar-refractivity contribution < 1.29 is 33.0 Å².